The molecule has 3 aromatic rings. The van der Waals surface area contributed by atoms with Crippen LogP contribution in [0.5, 0.6) is 11.5 Å². The number of amides is 1. The average Bonchev–Trinajstić information content (AvgIpc) is 2.93. The van der Waals surface area contributed by atoms with E-state index >= 15 is 0 Å². The number of nitrogens with zero attached hydrogens (tertiary/aromatic N) is 2. The van der Waals surface area contributed by atoms with E-state index in [9.17, 15) is 4.79 Å². The van der Waals surface area contributed by atoms with Gasteiger partial charge in [0, 0.05) is 11.1 Å². The standard InChI is InChI=1S/C22H23N3O3S/c1-13-8-10-15(11-9-13)25-22-19(14(2)24-25)21(29-12-18(26)23-22)16-6-5-7-17(27-3)20(16)28-4/h5-11,21H,12H2,1-4H3,(H,23,26). The molecular formula is C22H23N3O3S. The highest BCUT2D eigenvalue weighted by Gasteiger charge is 2.32. The van der Waals surface area contributed by atoms with Gasteiger partial charge in [-0.15, -0.1) is 11.8 Å². The van der Waals surface area contributed by atoms with Crippen molar-refractivity contribution < 1.29 is 14.3 Å². The number of para-hydroxylation sites is 1. The number of thioether (sulfide) groups is 1. The normalized spacial score (nSPS) is 16.0. The van der Waals surface area contributed by atoms with Gasteiger partial charge in [-0.2, -0.15) is 5.10 Å². The fraction of sp³-hybridized carbons (Fsp3) is 0.273. The molecule has 1 N–H and O–H groups in total. The van der Waals surface area contributed by atoms with E-state index in [-0.39, 0.29) is 11.2 Å². The molecule has 1 amide bonds. The van der Waals surface area contributed by atoms with Gasteiger partial charge >= 0.3 is 0 Å². The molecule has 29 heavy (non-hydrogen) atoms. The molecule has 0 fully saturated rings. The quantitative estimate of drug-likeness (QED) is 0.697. The predicted molar refractivity (Wildman–Crippen MR) is 116 cm³/mol. The molecule has 7 heteroatoms. The summed E-state index contributed by atoms with van der Waals surface area (Å²) in [6.45, 7) is 4.02. The van der Waals surface area contributed by atoms with Crippen LogP contribution in [0.25, 0.3) is 5.69 Å². The van der Waals surface area contributed by atoms with Gasteiger partial charge in [-0.1, -0.05) is 29.8 Å². The fourth-order valence-corrected chi connectivity index (χ4v) is 4.82. The summed E-state index contributed by atoms with van der Waals surface area (Å²) in [5, 5.41) is 7.70. The molecule has 1 aliphatic rings. The summed E-state index contributed by atoms with van der Waals surface area (Å²) >= 11 is 1.56. The molecule has 150 valence electrons. The number of carbonyl (C=O) groups is 1. The summed E-state index contributed by atoms with van der Waals surface area (Å²) in [5.41, 5.74) is 4.88. The summed E-state index contributed by atoms with van der Waals surface area (Å²) in [6, 6.07) is 13.9. The van der Waals surface area contributed by atoms with Gasteiger partial charge < -0.3 is 14.8 Å². The first-order chi connectivity index (χ1) is 14.0. The highest BCUT2D eigenvalue weighted by molar-refractivity contribution is 8.00. The lowest BCUT2D eigenvalue weighted by Gasteiger charge is -2.20. The number of hydrogen-bond donors (Lipinski definition) is 1. The van der Waals surface area contributed by atoms with E-state index in [1.54, 1.807) is 26.0 Å². The summed E-state index contributed by atoms with van der Waals surface area (Å²) in [5.74, 6) is 2.34. The van der Waals surface area contributed by atoms with Crippen molar-refractivity contribution in [1.82, 2.24) is 9.78 Å². The van der Waals surface area contributed by atoms with E-state index < -0.39 is 0 Å². The number of ether oxygens (including phenoxy) is 2. The Hall–Kier alpha value is -2.93. The first kappa shape index (κ1) is 19.4. The Balaban J connectivity index is 1.91. The first-order valence-corrected chi connectivity index (χ1v) is 10.4. The van der Waals surface area contributed by atoms with Crippen LogP contribution in [-0.4, -0.2) is 35.7 Å². The van der Waals surface area contributed by atoms with E-state index in [0.717, 1.165) is 22.5 Å². The third-order valence-corrected chi connectivity index (χ3v) is 6.25. The van der Waals surface area contributed by atoms with Crippen LogP contribution in [0.15, 0.2) is 42.5 Å². The lowest BCUT2D eigenvalue weighted by Crippen LogP contribution is -2.15. The van der Waals surface area contributed by atoms with Crippen molar-refractivity contribution in [3.63, 3.8) is 0 Å². The molecule has 1 unspecified atom stereocenters. The number of fused-ring (bicyclic) bond motifs is 1. The summed E-state index contributed by atoms with van der Waals surface area (Å²) in [6.07, 6.45) is 0. The number of aryl methyl sites for hydroxylation is 2. The van der Waals surface area contributed by atoms with Crippen LogP contribution < -0.4 is 14.8 Å². The molecular weight excluding hydrogens is 386 g/mol. The molecule has 2 aromatic carbocycles. The van der Waals surface area contributed by atoms with Gasteiger partial charge in [0.05, 0.1) is 36.6 Å². The minimum atomic E-state index is -0.117. The van der Waals surface area contributed by atoms with Crippen LogP contribution in [-0.2, 0) is 4.79 Å². The number of benzene rings is 2. The number of aromatic nitrogens is 2. The van der Waals surface area contributed by atoms with Crippen molar-refractivity contribution >= 4 is 23.5 Å². The largest absolute Gasteiger partial charge is 0.493 e. The average molecular weight is 410 g/mol. The maximum Gasteiger partial charge on any atom is 0.235 e. The smallest absolute Gasteiger partial charge is 0.235 e. The summed E-state index contributed by atoms with van der Waals surface area (Å²) < 4.78 is 13.0. The Morgan fingerprint density at radius 2 is 1.86 bits per heavy atom. The second-order valence-corrected chi connectivity index (χ2v) is 8.01. The minimum Gasteiger partial charge on any atom is -0.493 e. The highest BCUT2D eigenvalue weighted by atomic mass is 32.2. The monoisotopic (exact) mass is 409 g/mol. The molecule has 1 aromatic heterocycles. The summed E-state index contributed by atoms with van der Waals surface area (Å²) in [4.78, 5) is 12.5. The van der Waals surface area contributed by atoms with Gasteiger partial charge in [0.15, 0.2) is 11.5 Å². The van der Waals surface area contributed by atoms with E-state index in [2.05, 4.69) is 5.32 Å². The lowest BCUT2D eigenvalue weighted by molar-refractivity contribution is -0.113. The minimum absolute atomic E-state index is 0.0473. The van der Waals surface area contributed by atoms with Crippen molar-refractivity contribution in [3.05, 3.63) is 64.8 Å². The maximum absolute atomic E-state index is 12.5. The van der Waals surface area contributed by atoms with Crippen molar-refractivity contribution in [3.8, 4) is 17.2 Å². The zero-order valence-electron chi connectivity index (χ0n) is 16.9. The molecule has 0 bridgehead atoms. The molecule has 1 aliphatic heterocycles. The topological polar surface area (TPSA) is 65.4 Å². The van der Waals surface area contributed by atoms with Crippen molar-refractivity contribution in [1.29, 1.82) is 0 Å². The highest BCUT2D eigenvalue weighted by Crippen LogP contribution is 2.48. The van der Waals surface area contributed by atoms with E-state index in [0.29, 0.717) is 23.1 Å². The van der Waals surface area contributed by atoms with Crippen molar-refractivity contribution in [2.75, 3.05) is 25.3 Å². The van der Waals surface area contributed by atoms with E-state index in [1.165, 1.54) is 5.56 Å². The Morgan fingerprint density at radius 1 is 1.10 bits per heavy atom. The lowest BCUT2D eigenvalue weighted by atomic mass is 10.0. The van der Waals surface area contributed by atoms with Gasteiger partial charge in [-0.3, -0.25) is 4.79 Å². The van der Waals surface area contributed by atoms with Gasteiger partial charge in [0.1, 0.15) is 5.82 Å². The van der Waals surface area contributed by atoms with E-state index in [4.69, 9.17) is 14.6 Å². The number of nitrogens with one attached hydrogen (secondary N) is 1. The number of rotatable bonds is 4. The maximum atomic E-state index is 12.5. The second kappa shape index (κ2) is 7.83. The zero-order valence-corrected chi connectivity index (χ0v) is 17.7. The van der Waals surface area contributed by atoms with Crippen LogP contribution in [0.4, 0.5) is 5.82 Å². The Bertz CT molecular complexity index is 1060. The molecule has 6 nitrogen and oxygen atoms in total. The van der Waals surface area contributed by atoms with Crippen LogP contribution in [0.1, 0.15) is 27.6 Å². The fourth-order valence-electron chi connectivity index (χ4n) is 3.62. The molecule has 0 saturated heterocycles. The summed E-state index contributed by atoms with van der Waals surface area (Å²) in [7, 11) is 3.26. The Morgan fingerprint density at radius 3 is 2.55 bits per heavy atom. The van der Waals surface area contributed by atoms with Crippen LogP contribution in [0.2, 0.25) is 0 Å². The Kier molecular flexibility index (Phi) is 5.24. The van der Waals surface area contributed by atoms with Crippen molar-refractivity contribution in [2.24, 2.45) is 0 Å². The van der Waals surface area contributed by atoms with Crippen LogP contribution in [0.3, 0.4) is 0 Å². The zero-order chi connectivity index (χ0) is 20.5. The molecule has 0 spiro atoms. The third kappa shape index (κ3) is 3.46. The number of carbonyl (C=O) groups excluding carboxylic acids is 1. The predicted octanol–water partition coefficient (Wildman–Crippen LogP) is 4.28. The third-order valence-electron chi connectivity index (χ3n) is 5.00. The molecule has 0 aliphatic carbocycles. The van der Waals surface area contributed by atoms with Gasteiger partial charge in [0.2, 0.25) is 5.91 Å². The number of methoxy groups -OCH3 is 2. The molecule has 4 rings (SSSR count). The SMILES string of the molecule is COc1cccc(C2SCC(=O)Nc3c2c(C)nn3-c2ccc(C)cc2)c1OC. The van der Waals surface area contributed by atoms with Gasteiger partial charge in [-0.25, -0.2) is 4.68 Å². The first-order valence-electron chi connectivity index (χ1n) is 9.32. The van der Waals surface area contributed by atoms with Gasteiger partial charge in [-0.05, 0) is 32.0 Å². The van der Waals surface area contributed by atoms with E-state index in [1.807, 2.05) is 61.0 Å². The molecule has 1 atom stereocenters. The number of anilines is 1. The van der Waals surface area contributed by atoms with Gasteiger partial charge in [0.25, 0.3) is 0 Å². The van der Waals surface area contributed by atoms with Crippen LogP contribution >= 0.6 is 11.8 Å². The Labute approximate surface area is 174 Å². The van der Waals surface area contributed by atoms with Crippen LogP contribution in [0, 0.1) is 13.8 Å². The number of hydrogen-bond acceptors (Lipinski definition) is 5. The second-order valence-electron chi connectivity index (χ2n) is 6.92. The van der Waals surface area contributed by atoms with Crippen molar-refractivity contribution in [2.45, 2.75) is 19.1 Å². The molecule has 0 saturated carbocycles. The molecule has 2 heterocycles. The molecule has 0 radical (unpaired) electrons.